The number of anilines is 1. The van der Waals surface area contributed by atoms with E-state index in [0.29, 0.717) is 18.7 Å². The average Bonchev–Trinajstić information content (AvgIpc) is 3.16. The van der Waals surface area contributed by atoms with Crippen LogP contribution < -0.4 is 11.1 Å². The maximum atomic E-state index is 12.0. The van der Waals surface area contributed by atoms with E-state index in [1.54, 1.807) is 11.3 Å². The first-order valence-electron chi connectivity index (χ1n) is 8.02. The summed E-state index contributed by atoms with van der Waals surface area (Å²) < 4.78 is 0. The van der Waals surface area contributed by atoms with E-state index >= 15 is 0 Å². The van der Waals surface area contributed by atoms with Crippen molar-refractivity contribution in [1.82, 2.24) is 0 Å². The first-order chi connectivity index (χ1) is 12.2. The van der Waals surface area contributed by atoms with E-state index in [0.717, 1.165) is 21.8 Å². The molecule has 0 unspecified atom stereocenters. The number of carbonyl (C=O) groups is 1. The highest BCUT2D eigenvalue weighted by Crippen LogP contribution is 2.18. The Balaban J connectivity index is 1.60. The van der Waals surface area contributed by atoms with Crippen LogP contribution in [0.15, 0.2) is 77.1 Å². The van der Waals surface area contributed by atoms with Gasteiger partial charge in [0.2, 0.25) is 5.91 Å². The maximum Gasteiger partial charge on any atom is 0.224 e. The van der Waals surface area contributed by atoms with Crippen LogP contribution in [0.25, 0.3) is 0 Å². The molecule has 0 fully saturated rings. The van der Waals surface area contributed by atoms with Crippen LogP contribution in [-0.4, -0.2) is 11.7 Å². The van der Waals surface area contributed by atoms with Gasteiger partial charge in [-0.15, -0.1) is 11.3 Å². The second-order valence-corrected chi connectivity index (χ2v) is 6.51. The van der Waals surface area contributed by atoms with E-state index in [4.69, 9.17) is 5.73 Å². The fraction of sp³-hybridized carbons (Fsp3) is 0.100. The lowest BCUT2D eigenvalue weighted by Gasteiger charge is -2.06. The zero-order valence-corrected chi connectivity index (χ0v) is 14.5. The molecule has 0 bridgehead atoms. The van der Waals surface area contributed by atoms with Crippen LogP contribution in [0.1, 0.15) is 16.9 Å². The van der Waals surface area contributed by atoms with E-state index in [9.17, 15) is 4.79 Å². The lowest BCUT2D eigenvalue weighted by molar-refractivity contribution is -0.116. The molecular formula is C20H19N3OS. The normalized spacial score (nSPS) is 11.3. The molecule has 0 aliphatic heterocycles. The Kier molecular flexibility index (Phi) is 5.59. The lowest BCUT2D eigenvalue weighted by atomic mass is 10.1. The Morgan fingerprint density at radius 2 is 1.88 bits per heavy atom. The molecule has 0 saturated carbocycles. The number of thiophene rings is 1. The summed E-state index contributed by atoms with van der Waals surface area (Å²) in [4.78, 5) is 17.5. The Morgan fingerprint density at radius 3 is 2.64 bits per heavy atom. The number of amides is 1. The van der Waals surface area contributed by atoms with Crippen LogP contribution in [-0.2, 0) is 11.2 Å². The third-order valence-corrected chi connectivity index (χ3v) is 4.52. The molecule has 126 valence electrons. The summed E-state index contributed by atoms with van der Waals surface area (Å²) >= 11 is 1.56. The van der Waals surface area contributed by atoms with Gasteiger partial charge in [-0.3, -0.25) is 4.79 Å². The number of rotatable bonds is 6. The van der Waals surface area contributed by atoms with Gasteiger partial charge in [0.1, 0.15) is 5.84 Å². The zero-order valence-electron chi connectivity index (χ0n) is 13.7. The van der Waals surface area contributed by atoms with E-state index in [2.05, 4.69) is 10.3 Å². The highest BCUT2D eigenvalue weighted by Gasteiger charge is 2.04. The highest BCUT2D eigenvalue weighted by atomic mass is 32.1. The van der Waals surface area contributed by atoms with Crippen LogP contribution in [0.5, 0.6) is 0 Å². The van der Waals surface area contributed by atoms with Crippen molar-refractivity contribution in [2.45, 2.75) is 12.8 Å². The maximum absolute atomic E-state index is 12.0. The van der Waals surface area contributed by atoms with E-state index in [1.807, 2.05) is 72.1 Å². The number of carbonyl (C=O) groups excluding carboxylic acids is 1. The molecule has 3 rings (SSSR count). The summed E-state index contributed by atoms with van der Waals surface area (Å²) in [5.41, 5.74) is 8.70. The van der Waals surface area contributed by atoms with Gasteiger partial charge in [0, 0.05) is 12.1 Å². The Labute approximate surface area is 151 Å². The number of aliphatic imine (C=N–C) groups is 1. The van der Waals surface area contributed by atoms with Gasteiger partial charge < -0.3 is 11.1 Å². The van der Waals surface area contributed by atoms with Crippen molar-refractivity contribution in [3.8, 4) is 0 Å². The molecule has 0 aliphatic carbocycles. The van der Waals surface area contributed by atoms with Crippen molar-refractivity contribution in [3.05, 3.63) is 82.6 Å². The number of benzene rings is 2. The topological polar surface area (TPSA) is 67.5 Å². The van der Waals surface area contributed by atoms with Crippen molar-refractivity contribution >= 4 is 34.5 Å². The first-order valence-corrected chi connectivity index (χ1v) is 8.90. The minimum absolute atomic E-state index is 0.00166. The van der Waals surface area contributed by atoms with Gasteiger partial charge in [-0.1, -0.05) is 36.4 Å². The fourth-order valence-electron chi connectivity index (χ4n) is 2.40. The number of aryl methyl sites for hydroxylation is 1. The van der Waals surface area contributed by atoms with Crippen molar-refractivity contribution in [1.29, 1.82) is 0 Å². The van der Waals surface area contributed by atoms with Gasteiger partial charge in [0.05, 0.1) is 10.6 Å². The number of nitrogens with two attached hydrogens (primary N) is 1. The van der Waals surface area contributed by atoms with Crippen LogP contribution in [0.3, 0.4) is 0 Å². The van der Waals surface area contributed by atoms with Crippen LogP contribution >= 0.6 is 11.3 Å². The lowest BCUT2D eigenvalue weighted by Crippen LogP contribution is -2.12. The molecule has 1 aromatic heterocycles. The average molecular weight is 349 g/mol. The van der Waals surface area contributed by atoms with E-state index in [1.165, 1.54) is 0 Å². The molecule has 0 atom stereocenters. The predicted molar refractivity (Wildman–Crippen MR) is 105 cm³/mol. The molecule has 0 saturated heterocycles. The van der Waals surface area contributed by atoms with Gasteiger partial charge in [-0.2, -0.15) is 0 Å². The summed E-state index contributed by atoms with van der Waals surface area (Å²) in [5.74, 6) is 0.507. The molecule has 4 nitrogen and oxygen atoms in total. The Bertz CT molecular complexity index is 858. The summed E-state index contributed by atoms with van der Waals surface area (Å²) in [5, 5.41) is 4.86. The van der Waals surface area contributed by atoms with Crippen LogP contribution in [0, 0.1) is 0 Å². The molecule has 0 aliphatic rings. The molecule has 1 amide bonds. The van der Waals surface area contributed by atoms with Crippen LogP contribution in [0.2, 0.25) is 0 Å². The molecule has 5 heteroatoms. The largest absolute Gasteiger partial charge is 0.383 e. The molecule has 25 heavy (non-hydrogen) atoms. The van der Waals surface area contributed by atoms with Gasteiger partial charge in [-0.05, 0) is 47.7 Å². The summed E-state index contributed by atoms with van der Waals surface area (Å²) in [6.45, 7) is 0. The Morgan fingerprint density at radius 1 is 1.04 bits per heavy atom. The molecule has 0 radical (unpaired) electrons. The number of hydrogen-bond acceptors (Lipinski definition) is 3. The quantitative estimate of drug-likeness (QED) is 0.513. The summed E-state index contributed by atoms with van der Waals surface area (Å²) in [7, 11) is 0. The third-order valence-electron chi connectivity index (χ3n) is 3.63. The second-order valence-electron chi connectivity index (χ2n) is 5.56. The highest BCUT2D eigenvalue weighted by molar-refractivity contribution is 7.12. The predicted octanol–water partition coefficient (Wildman–Crippen LogP) is 4.36. The SMILES string of the molecule is NC(=Nc1cccc(CCC(=O)Nc2ccccc2)c1)c1cccs1. The number of nitrogens with one attached hydrogen (secondary N) is 1. The van der Waals surface area contributed by atoms with E-state index < -0.39 is 0 Å². The molecule has 3 N–H and O–H groups in total. The summed E-state index contributed by atoms with van der Waals surface area (Å²) in [6, 6.07) is 21.2. The third kappa shape index (κ3) is 5.02. The minimum atomic E-state index is -0.00166. The first kappa shape index (κ1) is 16.9. The van der Waals surface area contributed by atoms with Gasteiger partial charge in [-0.25, -0.2) is 4.99 Å². The standard InChI is InChI=1S/C20H19N3OS/c21-20(18-10-5-13-25-18)23-17-9-4-6-15(14-17)11-12-19(24)22-16-7-2-1-3-8-16/h1-10,13-14H,11-12H2,(H2,21,23)(H,22,24). The van der Waals surface area contributed by atoms with Gasteiger partial charge in [0.25, 0.3) is 0 Å². The van der Waals surface area contributed by atoms with Crippen molar-refractivity contribution in [2.24, 2.45) is 10.7 Å². The molecule has 0 spiro atoms. The minimum Gasteiger partial charge on any atom is -0.383 e. The smallest absolute Gasteiger partial charge is 0.224 e. The van der Waals surface area contributed by atoms with Crippen molar-refractivity contribution < 1.29 is 4.79 Å². The number of para-hydroxylation sites is 1. The fourth-order valence-corrected chi connectivity index (χ4v) is 3.03. The molecule has 3 aromatic rings. The summed E-state index contributed by atoms with van der Waals surface area (Å²) in [6.07, 6.45) is 1.07. The molecular weight excluding hydrogens is 330 g/mol. The van der Waals surface area contributed by atoms with Crippen LogP contribution in [0.4, 0.5) is 11.4 Å². The van der Waals surface area contributed by atoms with Gasteiger partial charge in [0.15, 0.2) is 0 Å². The zero-order chi connectivity index (χ0) is 17.5. The second kappa shape index (κ2) is 8.26. The molecule has 2 aromatic carbocycles. The van der Waals surface area contributed by atoms with Crippen molar-refractivity contribution in [2.75, 3.05) is 5.32 Å². The Hall–Kier alpha value is -2.92. The van der Waals surface area contributed by atoms with Crippen molar-refractivity contribution in [3.63, 3.8) is 0 Å². The van der Waals surface area contributed by atoms with E-state index in [-0.39, 0.29) is 5.91 Å². The number of nitrogens with zero attached hydrogens (tertiary/aromatic N) is 1. The monoisotopic (exact) mass is 349 g/mol. The van der Waals surface area contributed by atoms with Gasteiger partial charge >= 0.3 is 0 Å². The number of hydrogen-bond donors (Lipinski definition) is 2. The number of amidine groups is 1. The molecule has 1 heterocycles.